The average Bonchev–Trinajstić information content (AvgIpc) is 3.05. The fourth-order valence-corrected chi connectivity index (χ4v) is 2.13. The maximum atomic E-state index is 11.8. The number of hydrogen-bond donors (Lipinski definition) is 1. The number of nitrogens with zero attached hydrogens (tertiary/aromatic N) is 1. The number of furan rings is 1. The molecule has 116 valence electrons. The Morgan fingerprint density at radius 3 is 2.50 bits per heavy atom. The van der Waals surface area contributed by atoms with Crippen molar-refractivity contribution in [3.05, 3.63) is 60.1 Å². The minimum atomic E-state index is -0.173. The fourth-order valence-electron chi connectivity index (χ4n) is 2.13. The molecule has 0 aliphatic heterocycles. The molecule has 1 aromatic carbocycles. The van der Waals surface area contributed by atoms with Gasteiger partial charge in [-0.1, -0.05) is 26.0 Å². The number of rotatable bonds is 7. The molecule has 2 rings (SSSR count). The van der Waals surface area contributed by atoms with Crippen molar-refractivity contribution in [3.8, 4) is 0 Å². The number of carbonyl (C=O) groups is 1. The van der Waals surface area contributed by atoms with Crippen LogP contribution in [0.4, 0.5) is 5.69 Å². The van der Waals surface area contributed by atoms with Crippen LogP contribution in [0.5, 0.6) is 0 Å². The molecule has 0 unspecified atom stereocenters. The molecule has 0 radical (unpaired) electrons. The molecule has 0 bridgehead atoms. The topological polar surface area (TPSA) is 45.5 Å². The van der Waals surface area contributed by atoms with Crippen LogP contribution in [0.3, 0.4) is 0 Å². The highest BCUT2D eigenvalue weighted by atomic mass is 16.3. The average molecular weight is 298 g/mol. The van der Waals surface area contributed by atoms with Gasteiger partial charge in [-0.25, -0.2) is 0 Å². The van der Waals surface area contributed by atoms with E-state index in [0.717, 1.165) is 25.3 Å². The minimum Gasteiger partial charge on any atom is -0.465 e. The number of anilines is 1. The third kappa shape index (κ3) is 4.90. The highest BCUT2D eigenvalue weighted by Gasteiger charge is 2.02. The Morgan fingerprint density at radius 1 is 1.18 bits per heavy atom. The van der Waals surface area contributed by atoms with Crippen molar-refractivity contribution < 1.29 is 9.21 Å². The van der Waals surface area contributed by atoms with Gasteiger partial charge in [0.15, 0.2) is 0 Å². The van der Waals surface area contributed by atoms with Crippen molar-refractivity contribution >= 4 is 17.7 Å². The number of nitrogens with one attached hydrogen (secondary N) is 1. The van der Waals surface area contributed by atoms with Crippen molar-refractivity contribution in [3.63, 3.8) is 0 Å². The van der Waals surface area contributed by atoms with Gasteiger partial charge in [-0.2, -0.15) is 0 Å². The second-order valence-electron chi connectivity index (χ2n) is 5.00. The number of benzene rings is 1. The molecule has 4 heteroatoms. The summed E-state index contributed by atoms with van der Waals surface area (Å²) in [4.78, 5) is 14.2. The first-order chi connectivity index (χ1) is 10.7. The molecular weight excluding hydrogens is 276 g/mol. The summed E-state index contributed by atoms with van der Waals surface area (Å²) >= 11 is 0. The summed E-state index contributed by atoms with van der Waals surface area (Å²) in [6, 6.07) is 11.5. The predicted molar refractivity (Wildman–Crippen MR) is 89.4 cm³/mol. The molecule has 0 fully saturated rings. The lowest BCUT2D eigenvalue weighted by Crippen LogP contribution is -2.22. The van der Waals surface area contributed by atoms with Gasteiger partial charge in [0.05, 0.1) is 6.26 Å². The van der Waals surface area contributed by atoms with E-state index in [1.54, 1.807) is 24.5 Å². The molecule has 4 nitrogen and oxygen atoms in total. The van der Waals surface area contributed by atoms with Crippen LogP contribution in [0.2, 0.25) is 0 Å². The van der Waals surface area contributed by atoms with Crippen molar-refractivity contribution in [2.75, 3.05) is 18.4 Å². The van der Waals surface area contributed by atoms with Gasteiger partial charge in [0, 0.05) is 18.3 Å². The van der Waals surface area contributed by atoms with E-state index >= 15 is 0 Å². The van der Waals surface area contributed by atoms with Gasteiger partial charge in [0.25, 0.3) is 0 Å². The number of amides is 1. The van der Waals surface area contributed by atoms with Crippen LogP contribution in [0.1, 0.15) is 25.2 Å². The van der Waals surface area contributed by atoms with Crippen molar-refractivity contribution in [1.29, 1.82) is 0 Å². The van der Waals surface area contributed by atoms with Gasteiger partial charge >= 0.3 is 0 Å². The Balaban J connectivity index is 1.89. The summed E-state index contributed by atoms with van der Waals surface area (Å²) in [5.74, 6) is 0.484. The van der Waals surface area contributed by atoms with Crippen molar-refractivity contribution in [2.24, 2.45) is 0 Å². The van der Waals surface area contributed by atoms with E-state index in [0.29, 0.717) is 5.76 Å². The second kappa shape index (κ2) is 8.20. The molecule has 0 atom stereocenters. The molecule has 1 amide bonds. The lowest BCUT2D eigenvalue weighted by Gasteiger charge is -2.18. The maximum absolute atomic E-state index is 11.8. The standard InChI is InChI=1S/C18H22N2O2/c1-3-20(4-2)14-15-7-9-16(10-8-15)19-18(21)12-11-17-6-5-13-22-17/h5-13H,3-4,14H2,1-2H3,(H,19,21)/b12-11+. The van der Waals surface area contributed by atoms with Gasteiger partial charge in [-0.15, -0.1) is 0 Å². The molecule has 1 aromatic heterocycles. The first-order valence-electron chi connectivity index (χ1n) is 7.55. The van der Waals surface area contributed by atoms with Crippen LogP contribution in [0.25, 0.3) is 6.08 Å². The Hall–Kier alpha value is -2.33. The summed E-state index contributed by atoms with van der Waals surface area (Å²) in [6.07, 6.45) is 4.68. The largest absolute Gasteiger partial charge is 0.465 e. The Bertz CT molecular complexity index is 597. The van der Waals surface area contributed by atoms with Gasteiger partial charge < -0.3 is 9.73 Å². The lowest BCUT2D eigenvalue weighted by atomic mass is 10.2. The van der Waals surface area contributed by atoms with Gasteiger partial charge in [0.1, 0.15) is 5.76 Å². The molecule has 1 N–H and O–H groups in total. The molecule has 2 aromatic rings. The molecule has 0 saturated carbocycles. The Labute approximate surface area is 131 Å². The quantitative estimate of drug-likeness (QED) is 0.791. The first kappa shape index (κ1) is 16.0. The van der Waals surface area contributed by atoms with Crippen LogP contribution in [0.15, 0.2) is 53.2 Å². The summed E-state index contributed by atoms with van der Waals surface area (Å²) in [7, 11) is 0. The lowest BCUT2D eigenvalue weighted by molar-refractivity contribution is -0.111. The molecule has 0 spiro atoms. The number of hydrogen-bond acceptors (Lipinski definition) is 3. The predicted octanol–water partition coefficient (Wildman–Crippen LogP) is 3.77. The van der Waals surface area contributed by atoms with Crippen molar-refractivity contribution in [1.82, 2.24) is 4.90 Å². The van der Waals surface area contributed by atoms with Gasteiger partial charge in [-0.05, 0) is 49.0 Å². The van der Waals surface area contributed by atoms with E-state index in [9.17, 15) is 4.79 Å². The maximum Gasteiger partial charge on any atom is 0.248 e. The zero-order valence-corrected chi connectivity index (χ0v) is 13.1. The van der Waals surface area contributed by atoms with Crippen LogP contribution in [-0.2, 0) is 11.3 Å². The van der Waals surface area contributed by atoms with Crippen LogP contribution < -0.4 is 5.32 Å². The summed E-state index contributed by atoms with van der Waals surface area (Å²) in [6.45, 7) is 7.31. The summed E-state index contributed by atoms with van der Waals surface area (Å²) in [5, 5.41) is 2.83. The zero-order chi connectivity index (χ0) is 15.8. The van der Waals surface area contributed by atoms with E-state index in [1.807, 2.05) is 24.3 Å². The molecule has 0 aliphatic carbocycles. The van der Waals surface area contributed by atoms with Crippen molar-refractivity contribution in [2.45, 2.75) is 20.4 Å². The molecule has 22 heavy (non-hydrogen) atoms. The summed E-state index contributed by atoms with van der Waals surface area (Å²) in [5.41, 5.74) is 2.03. The zero-order valence-electron chi connectivity index (χ0n) is 13.1. The fraction of sp³-hybridized carbons (Fsp3) is 0.278. The van der Waals surface area contributed by atoms with E-state index in [2.05, 4.69) is 24.1 Å². The Morgan fingerprint density at radius 2 is 1.91 bits per heavy atom. The smallest absolute Gasteiger partial charge is 0.248 e. The van der Waals surface area contributed by atoms with E-state index in [-0.39, 0.29) is 5.91 Å². The van der Waals surface area contributed by atoms with E-state index in [4.69, 9.17) is 4.42 Å². The van der Waals surface area contributed by atoms with Crippen LogP contribution in [0, 0.1) is 0 Å². The monoisotopic (exact) mass is 298 g/mol. The second-order valence-corrected chi connectivity index (χ2v) is 5.00. The molecular formula is C18H22N2O2. The van der Waals surface area contributed by atoms with Gasteiger partial charge in [0.2, 0.25) is 5.91 Å². The molecule has 1 heterocycles. The van der Waals surface area contributed by atoms with Crippen LogP contribution >= 0.6 is 0 Å². The molecule has 0 aliphatic rings. The van der Waals surface area contributed by atoms with E-state index in [1.165, 1.54) is 11.6 Å². The number of carbonyl (C=O) groups excluding carboxylic acids is 1. The third-order valence-corrected chi connectivity index (χ3v) is 3.46. The van der Waals surface area contributed by atoms with E-state index < -0.39 is 0 Å². The normalized spacial score (nSPS) is 11.2. The van der Waals surface area contributed by atoms with Gasteiger partial charge in [-0.3, -0.25) is 9.69 Å². The van der Waals surface area contributed by atoms with Crippen LogP contribution in [-0.4, -0.2) is 23.9 Å². The SMILES string of the molecule is CCN(CC)Cc1ccc(NC(=O)/C=C/c2ccco2)cc1. The third-order valence-electron chi connectivity index (χ3n) is 3.46. The highest BCUT2D eigenvalue weighted by Crippen LogP contribution is 2.12. The summed E-state index contributed by atoms with van der Waals surface area (Å²) < 4.78 is 5.14. The molecule has 0 saturated heterocycles. The first-order valence-corrected chi connectivity index (χ1v) is 7.55. The minimum absolute atomic E-state index is 0.173. The highest BCUT2D eigenvalue weighted by molar-refractivity contribution is 6.01. The Kier molecular flexibility index (Phi) is 5.98.